The highest BCUT2D eigenvalue weighted by atomic mass is 32.1. The van der Waals surface area contributed by atoms with Gasteiger partial charge in [0, 0.05) is 5.39 Å². The third-order valence-corrected chi connectivity index (χ3v) is 5.48. The molecule has 0 aliphatic carbocycles. The van der Waals surface area contributed by atoms with Crippen molar-refractivity contribution < 1.29 is 4.79 Å². The largest absolute Gasteiger partial charge is 0.383 e. The van der Waals surface area contributed by atoms with Gasteiger partial charge in [0.25, 0.3) is 0 Å². The molecule has 2 aromatic carbocycles. The molecular formula is C21H18N6OS. The highest BCUT2D eigenvalue weighted by Crippen LogP contribution is 2.27. The molecule has 5 aromatic rings. The minimum absolute atomic E-state index is 0.226. The topological polar surface area (TPSA) is 94.5 Å². The van der Waals surface area contributed by atoms with E-state index in [1.807, 2.05) is 56.3 Å². The lowest BCUT2D eigenvalue weighted by Gasteiger charge is -2.06. The summed E-state index contributed by atoms with van der Waals surface area (Å²) >= 11 is 4.52. The maximum atomic E-state index is 13.2. The van der Waals surface area contributed by atoms with Gasteiger partial charge >= 0.3 is 0 Å². The van der Waals surface area contributed by atoms with Crippen LogP contribution in [0.4, 0.5) is 5.82 Å². The predicted octanol–water partition coefficient (Wildman–Crippen LogP) is 3.83. The van der Waals surface area contributed by atoms with Gasteiger partial charge in [0.15, 0.2) is 0 Å². The molecule has 7 nitrogen and oxygen atoms in total. The molecule has 0 fully saturated rings. The Morgan fingerprint density at radius 2 is 1.97 bits per heavy atom. The number of nitrogens with one attached hydrogen (secondary N) is 1. The number of aromatic amines is 1. The number of imidazole rings is 1. The molecule has 144 valence electrons. The molecule has 0 atom stereocenters. The quantitative estimate of drug-likeness (QED) is 0.316. The minimum Gasteiger partial charge on any atom is -0.383 e. The molecule has 0 bridgehead atoms. The normalized spacial score (nSPS) is 11.6. The van der Waals surface area contributed by atoms with E-state index in [0.29, 0.717) is 11.3 Å². The SMILES string of the molecule is Cc1ccc2cc(C(=O)c3cnn(-c4ccc5nc(C)[nH]c5c4)c3N)n(S)c2c1. The van der Waals surface area contributed by atoms with Crippen LogP contribution in [0.2, 0.25) is 0 Å². The number of nitrogens with two attached hydrogens (primary N) is 1. The fraction of sp³-hybridized carbons (Fsp3) is 0.0952. The van der Waals surface area contributed by atoms with Crippen LogP contribution in [0.5, 0.6) is 0 Å². The van der Waals surface area contributed by atoms with Gasteiger partial charge in [0.1, 0.15) is 17.3 Å². The second-order valence-electron chi connectivity index (χ2n) is 7.11. The summed E-state index contributed by atoms with van der Waals surface area (Å²) in [4.78, 5) is 20.8. The lowest BCUT2D eigenvalue weighted by Crippen LogP contribution is -2.09. The molecule has 3 N–H and O–H groups in total. The summed E-state index contributed by atoms with van der Waals surface area (Å²) < 4.78 is 3.15. The Morgan fingerprint density at radius 3 is 2.79 bits per heavy atom. The molecule has 0 aliphatic heterocycles. The van der Waals surface area contributed by atoms with E-state index < -0.39 is 0 Å². The van der Waals surface area contributed by atoms with Gasteiger partial charge in [-0.2, -0.15) is 5.10 Å². The van der Waals surface area contributed by atoms with Crippen LogP contribution in [0.3, 0.4) is 0 Å². The van der Waals surface area contributed by atoms with Crippen molar-refractivity contribution in [3.63, 3.8) is 0 Å². The summed E-state index contributed by atoms with van der Waals surface area (Å²) in [6, 6.07) is 13.5. The average Bonchev–Trinajstić information content (AvgIpc) is 3.35. The Morgan fingerprint density at radius 1 is 1.14 bits per heavy atom. The summed E-state index contributed by atoms with van der Waals surface area (Å²) in [7, 11) is 0. The fourth-order valence-corrected chi connectivity index (χ4v) is 3.91. The van der Waals surface area contributed by atoms with Gasteiger partial charge in [-0.15, -0.1) is 0 Å². The molecule has 5 rings (SSSR count). The Labute approximate surface area is 171 Å². The number of carbonyl (C=O) groups excluding carboxylic acids is 1. The van der Waals surface area contributed by atoms with Crippen molar-refractivity contribution in [3.05, 3.63) is 71.3 Å². The Balaban J connectivity index is 1.58. The number of carbonyl (C=O) groups is 1. The van der Waals surface area contributed by atoms with E-state index in [9.17, 15) is 4.79 Å². The van der Waals surface area contributed by atoms with Gasteiger partial charge in [-0.1, -0.05) is 24.9 Å². The van der Waals surface area contributed by atoms with Crippen molar-refractivity contribution in [1.29, 1.82) is 0 Å². The number of thiol groups is 1. The smallest absolute Gasteiger partial charge is 0.215 e. The molecule has 0 saturated heterocycles. The van der Waals surface area contributed by atoms with Crippen LogP contribution in [-0.2, 0) is 0 Å². The summed E-state index contributed by atoms with van der Waals surface area (Å²) in [5.74, 6) is 0.884. The summed E-state index contributed by atoms with van der Waals surface area (Å²) in [6.45, 7) is 3.90. The number of nitrogens with zero attached hydrogens (tertiary/aromatic N) is 4. The van der Waals surface area contributed by atoms with Crippen LogP contribution < -0.4 is 5.73 Å². The Bertz CT molecular complexity index is 1420. The first kappa shape index (κ1) is 17.6. The second kappa shape index (κ2) is 6.25. The maximum Gasteiger partial charge on any atom is 0.215 e. The van der Waals surface area contributed by atoms with E-state index in [4.69, 9.17) is 5.73 Å². The number of rotatable bonds is 3. The lowest BCUT2D eigenvalue weighted by molar-refractivity contribution is 0.103. The van der Waals surface area contributed by atoms with E-state index in [2.05, 4.69) is 27.9 Å². The zero-order chi connectivity index (χ0) is 20.3. The number of ketones is 1. The van der Waals surface area contributed by atoms with E-state index in [-0.39, 0.29) is 11.6 Å². The molecule has 0 saturated carbocycles. The van der Waals surface area contributed by atoms with E-state index in [1.54, 1.807) is 8.65 Å². The molecule has 3 heterocycles. The molecule has 0 unspecified atom stereocenters. The van der Waals surface area contributed by atoms with Crippen LogP contribution in [-0.4, -0.2) is 29.5 Å². The molecule has 3 aromatic heterocycles. The van der Waals surface area contributed by atoms with Crippen LogP contribution in [0, 0.1) is 13.8 Å². The van der Waals surface area contributed by atoms with Gasteiger partial charge in [0.05, 0.1) is 34.0 Å². The van der Waals surface area contributed by atoms with Gasteiger partial charge in [-0.3, -0.25) is 8.77 Å². The van der Waals surface area contributed by atoms with E-state index >= 15 is 0 Å². The van der Waals surface area contributed by atoms with Crippen LogP contribution in [0.25, 0.3) is 27.6 Å². The van der Waals surface area contributed by atoms with Crippen LogP contribution >= 0.6 is 12.8 Å². The van der Waals surface area contributed by atoms with Crippen molar-refractivity contribution in [3.8, 4) is 5.69 Å². The number of hydrogen-bond acceptors (Lipinski definition) is 5. The Kier molecular flexibility index (Phi) is 3.78. The molecule has 0 aliphatic rings. The van der Waals surface area contributed by atoms with Crippen molar-refractivity contribution in [1.82, 2.24) is 23.7 Å². The number of hydrogen-bond donors (Lipinski definition) is 3. The van der Waals surface area contributed by atoms with Crippen LogP contribution in [0.1, 0.15) is 27.4 Å². The number of aromatic nitrogens is 5. The first-order valence-corrected chi connectivity index (χ1v) is 9.48. The summed E-state index contributed by atoms with van der Waals surface area (Å²) in [5.41, 5.74) is 11.6. The van der Waals surface area contributed by atoms with Gasteiger partial charge in [-0.05, 0) is 49.7 Å². The maximum absolute atomic E-state index is 13.2. The van der Waals surface area contributed by atoms with Gasteiger partial charge < -0.3 is 10.7 Å². The number of aryl methyl sites for hydroxylation is 2. The highest BCUT2D eigenvalue weighted by molar-refractivity contribution is 7.78. The molecule has 8 heteroatoms. The molecule has 29 heavy (non-hydrogen) atoms. The number of H-pyrrole nitrogens is 1. The molecule has 0 amide bonds. The van der Waals surface area contributed by atoms with Crippen molar-refractivity contribution in [2.75, 3.05) is 5.73 Å². The van der Waals surface area contributed by atoms with Crippen molar-refractivity contribution >= 4 is 46.4 Å². The third kappa shape index (κ3) is 2.72. The van der Waals surface area contributed by atoms with Gasteiger partial charge in [-0.25, -0.2) is 9.67 Å². The monoisotopic (exact) mass is 402 g/mol. The molecule has 0 spiro atoms. The number of anilines is 1. The minimum atomic E-state index is -0.226. The standard InChI is InChI=1S/C21H18N6OS/c1-11-3-4-13-8-19(27(29)18(13)7-11)20(28)15-10-23-26(21(15)22)14-5-6-16-17(9-14)25-12(2)24-16/h3-10,29H,22H2,1-2H3,(H,24,25). The van der Waals surface area contributed by atoms with Crippen molar-refractivity contribution in [2.45, 2.75) is 13.8 Å². The first-order valence-electron chi connectivity index (χ1n) is 9.08. The Hall–Kier alpha value is -3.52. The molecular weight excluding hydrogens is 384 g/mol. The van der Waals surface area contributed by atoms with Crippen molar-refractivity contribution in [2.24, 2.45) is 0 Å². The summed E-state index contributed by atoms with van der Waals surface area (Å²) in [6.07, 6.45) is 1.50. The summed E-state index contributed by atoms with van der Waals surface area (Å²) in [5, 5.41) is 5.29. The zero-order valence-corrected chi connectivity index (χ0v) is 16.7. The van der Waals surface area contributed by atoms with E-state index in [1.165, 1.54) is 6.20 Å². The second-order valence-corrected chi connectivity index (χ2v) is 7.51. The number of benzene rings is 2. The fourth-order valence-electron chi connectivity index (χ4n) is 3.59. The predicted molar refractivity (Wildman–Crippen MR) is 117 cm³/mol. The zero-order valence-electron chi connectivity index (χ0n) is 15.8. The number of nitrogen functional groups attached to an aromatic ring is 1. The molecule has 0 radical (unpaired) electrons. The third-order valence-electron chi connectivity index (χ3n) is 5.05. The average molecular weight is 402 g/mol. The lowest BCUT2D eigenvalue weighted by atomic mass is 10.1. The highest BCUT2D eigenvalue weighted by Gasteiger charge is 2.22. The first-order chi connectivity index (χ1) is 13.9. The number of fused-ring (bicyclic) bond motifs is 2. The van der Waals surface area contributed by atoms with Gasteiger partial charge in [0.2, 0.25) is 5.78 Å². The van der Waals surface area contributed by atoms with E-state index in [0.717, 1.165) is 39.0 Å². The van der Waals surface area contributed by atoms with Crippen LogP contribution in [0.15, 0.2) is 48.7 Å².